The van der Waals surface area contributed by atoms with Gasteiger partial charge in [-0.15, -0.1) is 0 Å². The van der Waals surface area contributed by atoms with Crippen molar-refractivity contribution in [1.29, 1.82) is 0 Å². The Balaban J connectivity index is 1.29. The normalized spacial score (nSPS) is 14.1. The molecule has 0 atom stereocenters. The number of fused-ring (bicyclic) bond motifs is 5. The summed E-state index contributed by atoms with van der Waals surface area (Å²) < 4.78 is 0. The van der Waals surface area contributed by atoms with Gasteiger partial charge in [-0.2, -0.15) is 11.6 Å². The molecule has 0 bridgehead atoms. The van der Waals surface area contributed by atoms with Crippen molar-refractivity contribution in [3.05, 3.63) is 180 Å². The zero-order valence-corrected chi connectivity index (χ0v) is 34.6. The van der Waals surface area contributed by atoms with Crippen LogP contribution in [0.4, 0.5) is 17.1 Å². The van der Waals surface area contributed by atoms with Gasteiger partial charge >= 0.3 is 0 Å². The topological polar surface area (TPSA) is 3.24 Å². The van der Waals surface area contributed by atoms with Gasteiger partial charge in [0.15, 0.2) is 8.07 Å². The molecule has 2 aliphatic rings. The highest BCUT2D eigenvalue weighted by atomic mass is 32.2. The molecule has 0 saturated heterocycles. The molecule has 2 aliphatic heterocycles. The molecule has 0 aromatic heterocycles. The quantitative estimate of drug-likeness (QED) is 0.150. The molecule has 0 N–H and O–H groups in total. The average molecular weight is 746 g/mol. The lowest BCUT2D eigenvalue weighted by molar-refractivity contribution is 0.813. The third kappa shape index (κ3) is 5.76. The SMILES string of the molecule is CC(C)c1cc(C(C)C)c(B2Sc3ccccc3-c3cc(N4c5ccccc5[Si](c5ccccc5)(c5ccccc5)c5ccccc54)ccc32)c(C(C)C)c1. The van der Waals surface area contributed by atoms with Crippen LogP contribution in [0, 0.1) is 0 Å². The van der Waals surface area contributed by atoms with Crippen LogP contribution in [0.5, 0.6) is 0 Å². The second kappa shape index (κ2) is 14.2. The summed E-state index contributed by atoms with van der Waals surface area (Å²) in [6.07, 6.45) is 0. The molecule has 0 spiro atoms. The van der Waals surface area contributed by atoms with Crippen molar-refractivity contribution in [2.45, 2.75) is 64.2 Å². The fourth-order valence-corrected chi connectivity index (χ4v) is 15.9. The minimum atomic E-state index is -2.68. The molecule has 270 valence electrons. The third-order valence-electron chi connectivity index (χ3n) is 12.0. The van der Waals surface area contributed by atoms with Gasteiger partial charge in [0.05, 0.1) is 0 Å². The molecule has 2 heterocycles. The number of rotatable bonds is 7. The number of hydrogen-bond donors (Lipinski definition) is 0. The van der Waals surface area contributed by atoms with Crippen molar-refractivity contribution in [3.63, 3.8) is 0 Å². The Morgan fingerprint density at radius 2 is 1.00 bits per heavy atom. The molecule has 9 rings (SSSR count). The molecule has 4 heteroatoms. The molecule has 0 saturated carbocycles. The van der Waals surface area contributed by atoms with E-state index in [2.05, 4.69) is 210 Å². The van der Waals surface area contributed by atoms with Crippen molar-refractivity contribution in [2.75, 3.05) is 4.90 Å². The van der Waals surface area contributed by atoms with E-state index in [0.29, 0.717) is 17.8 Å². The summed E-state index contributed by atoms with van der Waals surface area (Å²) in [7, 11) is -2.68. The molecular formula is C51H48BNSSi. The number of nitrogens with zero attached hydrogens (tertiary/aromatic N) is 1. The van der Waals surface area contributed by atoms with E-state index < -0.39 is 8.07 Å². The number of anilines is 3. The van der Waals surface area contributed by atoms with Crippen LogP contribution < -0.4 is 36.6 Å². The molecule has 7 aromatic carbocycles. The van der Waals surface area contributed by atoms with Gasteiger partial charge in [-0.1, -0.05) is 186 Å². The van der Waals surface area contributed by atoms with E-state index in [1.165, 1.54) is 81.4 Å². The second-order valence-corrected chi connectivity index (χ2v) is 21.1. The monoisotopic (exact) mass is 745 g/mol. The standard InChI is InChI=1S/C51H48BNSSi/c1-34(2)37-31-42(35(3)4)51(43(32-37)36(5)6)52-45-30-29-38(33-44(45)41-23-13-16-26-48(41)54-52)53-46-24-14-17-27-49(46)55(39-19-9-7-10-20-39,40-21-11-8-12-22-40)50-28-18-15-25-47(50)53/h7-36H,1-6H3. The molecule has 0 fully saturated rings. The predicted molar refractivity (Wildman–Crippen MR) is 243 cm³/mol. The Morgan fingerprint density at radius 3 is 1.55 bits per heavy atom. The van der Waals surface area contributed by atoms with Crippen molar-refractivity contribution < 1.29 is 0 Å². The predicted octanol–water partition coefficient (Wildman–Crippen LogP) is 10.1. The fraction of sp³-hybridized carbons (Fsp3) is 0.176. The third-order valence-corrected chi connectivity index (χ3v) is 18.1. The van der Waals surface area contributed by atoms with E-state index >= 15 is 0 Å². The molecule has 0 unspecified atom stereocenters. The number of hydrogen-bond acceptors (Lipinski definition) is 2. The van der Waals surface area contributed by atoms with Gasteiger partial charge < -0.3 is 4.90 Å². The number of benzene rings is 7. The maximum Gasteiger partial charge on any atom is 0.282 e. The van der Waals surface area contributed by atoms with Gasteiger partial charge in [0.25, 0.3) is 5.99 Å². The lowest BCUT2D eigenvalue weighted by Crippen LogP contribution is -2.77. The van der Waals surface area contributed by atoms with Gasteiger partial charge in [0.2, 0.25) is 0 Å². The smallest absolute Gasteiger partial charge is 0.282 e. The number of para-hydroxylation sites is 2. The zero-order chi connectivity index (χ0) is 37.8. The lowest BCUT2D eigenvalue weighted by atomic mass is 9.54. The van der Waals surface area contributed by atoms with E-state index in [9.17, 15) is 0 Å². The van der Waals surface area contributed by atoms with Gasteiger partial charge in [-0.25, -0.2) is 0 Å². The van der Waals surface area contributed by atoms with Crippen LogP contribution in [0.15, 0.2) is 169 Å². The Kier molecular flexibility index (Phi) is 9.23. The van der Waals surface area contributed by atoms with E-state index in [1.54, 1.807) is 0 Å². The zero-order valence-electron chi connectivity index (χ0n) is 32.8. The van der Waals surface area contributed by atoms with Gasteiger partial charge in [0, 0.05) is 22.0 Å². The van der Waals surface area contributed by atoms with Crippen molar-refractivity contribution in [3.8, 4) is 11.1 Å². The summed E-state index contributed by atoms with van der Waals surface area (Å²) in [5.41, 5.74) is 13.7. The highest BCUT2D eigenvalue weighted by Gasteiger charge is 2.48. The molecule has 7 aromatic rings. The highest BCUT2D eigenvalue weighted by Crippen LogP contribution is 2.44. The Morgan fingerprint density at radius 1 is 0.491 bits per heavy atom. The van der Waals surface area contributed by atoms with E-state index in [0.717, 1.165) is 0 Å². The van der Waals surface area contributed by atoms with Crippen LogP contribution in [-0.4, -0.2) is 14.1 Å². The average Bonchev–Trinajstić information content (AvgIpc) is 3.22. The summed E-state index contributed by atoms with van der Waals surface area (Å²) in [5.74, 6) is 1.53. The van der Waals surface area contributed by atoms with E-state index in [-0.39, 0.29) is 5.99 Å². The first-order valence-corrected chi connectivity index (χ1v) is 22.8. The van der Waals surface area contributed by atoms with Crippen LogP contribution in [0.3, 0.4) is 0 Å². The molecule has 55 heavy (non-hydrogen) atoms. The maximum atomic E-state index is 2.55. The first-order valence-electron chi connectivity index (χ1n) is 20.0. The molecule has 0 radical (unpaired) electrons. The van der Waals surface area contributed by atoms with Crippen molar-refractivity contribution >= 4 is 74.4 Å². The molecule has 0 amide bonds. The molecule has 0 aliphatic carbocycles. The van der Waals surface area contributed by atoms with Crippen molar-refractivity contribution in [2.24, 2.45) is 0 Å². The maximum absolute atomic E-state index is 2.68. The Hall–Kier alpha value is -5.03. The second-order valence-electron chi connectivity index (χ2n) is 16.2. The van der Waals surface area contributed by atoms with Crippen LogP contribution in [0.2, 0.25) is 0 Å². The summed E-state index contributed by atoms with van der Waals surface area (Å²) in [4.78, 5) is 3.91. The first-order chi connectivity index (χ1) is 26.8. The summed E-state index contributed by atoms with van der Waals surface area (Å²) in [5, 5.41) is 5.66. The highest BCUT2D eigenvalue weighted by molar-refractivity contribution is 8.28. The molecular weight excluding hydrogens is 698 g/mol. The minimum absolute atomic E-state index is 0.201. The summed E-state index contributed by atoms with van der Waals surface area (Å²) >= 11 is 2.04. The van der Waals surface area contributed by atoms with E-state index in [1.807, 2.05) is 11.6 Å². The van der Waals surface area contributed by atoms with Crippen molar-refractivity contribution in [1.82, 2.24) is 0 Å². The van der Waals surface area contributed by atoms with Gasteiger partial charge in [-0.3, -0.25) is 0 Å². The minimum Gasteiger partial charge on any atom is -0.311 e. The Labute approximate surface area is 333 Å². The summed E-state index contributed by atoms with van der Waals surface area (Å²) in [6, 6.07) is 62.5. The Bertz CT molecular complexity index is 2410. The summed E-state index contributed by atoms with van der Waals surface area (Å²) in [6.45, 7) is 14.1. The van der Waals surface area contributed by atoms with Crippen LogP contribution in [0.25, 0.3) is 11.1 Å². The van der Waals surface area contributed by atoms with E-state index in [4.69, 9.17) is 0 Å². The van der Waals surface area contributed by atoms with Crippen LogP contribution in [0.1, 0.15) is 76.0 Å². The van der Waals surface area contributed by atoms with Crippen LogP contribution >= 0.6 is 11.6 Å². The fourth-order valence-electron chi connectivity index (χ4n) is 9.35. The largest absolute Gasteiger partial charge is 0.311 e. The van der Waals surface area contributed by atoms with Gasteiger partial charge in [0.1, 0.15) is 0 Å². The van der Waals surface area contributed by atoms with Gasteiger partial charge in [-0.05, 0) is 96.6 Å². The first kappa shape index (κ1) is 35.7. The lowest BCUT2D eigenvalue weighted by Gasteiger charge is -2.45. The molecule has 1 nitrogen and oxygen atoms in total. The van der Waals surface area contributed by atoms with Crippen LogP contribution in [-0.2, 0) is 0 Å².